The number of aliphatic hydroxyl groups excluding tert-OH is 4. The highest BCUT2D eigenvalue weighted by molar-refractivity contribution is 4.53. The first-order valence-electron chi connectivity index (χ1n) is 12.2. The molecule has 0 saturated heterocycles. The molecule has 42 heavy (non-hydrogen) atoms. The molecule has 0 aromatic carbocycles. The molecule has 0 spiro atoms. The van der Waals surface area contributed by atoms with Gasteiger partial charge in [-0.05, 0) is 41.5 Å². The average Bonchev–Trinajstić information content (AvgIpc) is 3.07. The van der Waals surface area contributed by atoms with Gasteiger partial charge in [-0.25, -0.2) is 0 Å². The molecule has 0 atom stereocenters. The Kier molecular flexibility index (Phi) is 3240. The van der Waals surface area contributed by atoms with Crippen LogP contribution in [0.2, 0.25) is 0 Å². The molecule has 0 bridgehead atoms. The van der Waals surface area contributed by atoms with Gasteiger partial charge in [-0.15, -0.1) is 145 Å². The van der Waals surface area contributed by atoms with E-state index in [-0.39, 0.29) is 26.4 Å². The number of aliphatic hydroxyl groups is 4. The van der Waals surface area contributed by atoms with Crippen molar-refractivity contribution in [1.82, 2.24) is 0 Å². The molecule has 0 radical (unpaired) electrons. The zero-order valence-corrected chi connectivity index (χ0v) is 29.6. The summed E-state index contributed by atoms with van der Waals surface area (Å²) in [7, 11) is 0. The zero-order valence-electron chi connectivity index (χ0n) is 29.6. The lowest BCUT2D eigenvalue weighted by Crippen LogP contribution is -1.85. The van der Waals surface area contributed by atoms with Crippen LogP contribution in [0.4, 0.5) is 0 Å². The second kappa shape index (κ2) is 1270. The Bertz CT molecular complexity index is 223. The molecule has 0 aliphatic rings. The Morgan fingerprint density at radius 1 is 0.262 bits per heavy atom. The van der Waals surface area contributed by atoms with E-state index in [2.05, 4.69) is 145 Å². The van der Waals surface area contributed by atoms with Crippen LogP contribution >= 0.6 is 0 Å². The molecule has 0 aromatic rings. The van der Waals surface area contributed by atoms with Crippen LogP contribution < -0.4 is 0 Å². The molecule has 0 aliphatic carbocycles. The maximum Gasteiger partial charge on any atom is 0.0662 e. The standard InChI is InChI=1S/6C3H6.2C2H6O2.8C2H4/c6*1-3-2;2*3-1-2-4;8*1-2/h6*3H,1H2,2H3;2*3-4H,1-2H2;8*1-2H2. The lowest BCUT2D eigenvalue weighted by atomic mass is 10.8. The summed E-state index contributed by atoms with van der Waals surface area (Å²) in [6, 6.07) is 0. The minimum atomic E-state index is -0.125. The van der Waals surface area contributed by atoms with E-state index < -0.39 is 0 Å². The monoisotopic (exact) mass is 601 g/mol. The minimum absolute atomic E-state index is 0.125. The highest BCUT2D eigenvalue weighted by Gasteiger charge is 1.58. The van der Waals surface area contributed by atoms with Crippen molar-refractivity contribution >= 4 is 0 Å². The summed E-state index contributed by atoms with van der Waals surface area (Å²) in [5, 5.41) is 30.5. The van der Waals surface area contributed by atoms with Crippen LogP contribution in [0.5, 0.6) is 0 Å². The quantitative estimate of drug-likeness (QED) is 0.238. The molecule has 0 amide bonds. The molecule has 256 valence electrons. The third-order valence-corrected chi connectivity index (χ3v) is 0.200. The van der Waals surface area contributed by atoms with E-state index in [0.29, 0.717) is 0 Å². The molecule has 4 heteroatoms. The fourth-order valence-corrected chi connectivity index (χ4v) is 0. The van der Waals surface area contributed by atoms with Crippen LogP contribution in [0.15, 0.2) is 181 Å². The van der Waals surface area contributed by atoms with Crippen molar-refractivity contribution in [2.75, 3.05) is 26.4 Å². The van der Waals surface area contributed by atoms with E-state index in [9.17, 15) is 0 Å². The predicted molar refractivity (Wildman–Crippen MR) is 214 cm³/mol. The SMILES string of the molecule is C=C.C=C.C=C.C=C.C=C.C=C.C=C.C=C.C=CC.C=CC.C=CC.C=CC.C=CC.C=CC.OCCO.OCCO. The second-order valence-corrected chi connectivity index (χ2v) is 3.34. The van der Waals surface area contributed by atoms with Crippen LogP contribution in [0, 0.1) is 0 Å². The van der Waals surface area contributed by atoms with Gasteiger partial charge < -0.3 is 20.4 Å². The van der Waals surface area contributed by atoms with Crippen LogP contribution in [-0.2, 0) is 0 Å². The molecule has 0 heterocycles. The fraction of sp³-hybridized carbons (Fsp3) is 0.263. The second-order valence-electron chi connectivity index (χ2n) is 3.34. The van der Waals surface area contributed by atoms with E-state index in [4.69, 9.17) is 20.4 Å². The summed E-state index contributed by atoms with van der Waals surface area (Å²) in [5.41, 5.74) is 0. The highest BCUT2D eigenvalue weighted by Crippen LogP contribution is 1.41. The molecule has 4 nitrogen and oxygen atoms in total. The van der Waals surface area contributed by atoms with E-state index >= 15 is 0 Å². The molecule has 0 fully saturated rings. The van der Waals surface area contributed by atoms with Crippen LogP contribution in [0.25, 0.3) is 0 Å². The molecule has 0 saturated carbocycles. The van der Waals surface area contributed by atoms with Gasteiger partial charge in [0.15, 0.2) is 0 Å². The zero-order chi connectivity index (χ0) is 39.1. The summed E-state index contributed by atoms with van der Waals surface area (Å²) in [6.07, 6.45) is 10.5. The third-order valence-electron chi connectivity index (χ3n) is 0.200. The normalized spacial score (nSPS) is 4.05. The van der Waals surface area contributed by atoms with Crippen molar-refractivity contribution < 1.29 is 20.4 Å². The van der Waals surface area contributed by atoms with Gasteiger partial charge in [-0.1, -0.05) is 36.5 Å². The average molecular weight is 601 g/mol. The predicted octanol–water partition coefficient (Wildman–Crippen LogP) is 11.5. The Morgan fingerprint density at radius 2 is 0.286 bits per heavy atom. The lowest BCUT2D eigenvalue weighted by Gasteiger charge is -1.70. The van der Waals surface area contributed by atoms with Gasteiger partial charge >= 0.3 is 0 Å². The van der Waals surface area contributed by atoms with Gasteiger partial charge in [0.1, 0.15) is 0 Å². The molecular formula is C38H80O4. The Labute approximate surface area is 269 Å². The van der Waals surface area contributed by atoms with Gasteiger partial charge in [-0.3, -0.25) is 0 Å². The third kappa shape index (κ3) is 13800. The van der Waals surface area contributed by atoms with Crippen molar-refractivity contribution in [2.45, 2.75) is 41.5 Å². The van der Waals surface area contributed by atoms with E-state index in [1.165, 1.54) is 0 Å². The largest absolute Gasteiger partial charge is 0.394 e. The summed E-state index contributed by atoms with van der Waals surface area (Å²) in [4.78, 5) is 0. The molecule has 0 aliphatic heterocycles. The first kappa shape index (κ1) is 107. The summed E-state index contributed by atoms with van der Waals surface area (Å²) in [5.74, 6) is 0. The summed E-state index contributed by atoms with van der Waals surface area (Å²) >= 11 is 0. The van der Waals surface area contributed by atoms with Crippen LogP contribution in [-0.4, -0.2) is 46.9 Å². The van der Waals surface area contributed by atoms with E-state index in [0.717, 1.165) is 0 Å². The minimum Gasteiger partial charge on any atom is -0.394 e. The lowest BCUT2D eigenvalue weighted by molar-refractivity contribution is 0.186. The molecule has 0 aromatic heterocycles. The van der Waals surface area contributed by atoms with Gasteiger partial charge in [0.25, 0.3) is 0 Å². The highest BCUT2D eigenvalue weighted by atomic mass is 16.3. The van der Waals surface area contributed by atoms with Gasteiger partial charge in [0, 0.05) is 0 Å². The van der Waals surface area contributed by atoms with Gasteiger partial charge in [0.05, 0.1) is 26.4 Å². The molecular weight excluding hydrogens is 520 g/mol. The van der Waals surface area contributed by atoms with Crippen molar-refractivity contribution in [1.29, 1.82) is 0 Å². The van der Waals surface area contributed by atoms with Crippen molar-refractivity contribution in [3.63, 3.8) is 0 Å². The van der Waals surface area contributed by atoms with Gasteiger partial charge in [-0.2, -0.15) is 0 Å². The van der Waals surface area contributed by atoms with Crippen molar-refractivity contribution in [3.8, 4) is 0 Å². The van der Waals surface area contributed by atoms with Gasteiger partial charge in [0.2, 0.25) is 0 Å². The topological polar surface area (TPSA) is 80.9 Å². The van der Waals surface area contributed by atoms with Crippen molar-refractivity contribution in [3.05, 3.63) is 181 Å². The summed E-state index contributed by atoms with van der Waals surface area (Å²) in [6.45, 7) is 79.0. The van der Waals surface area contributed by atoms with Crippen LogP contribution in [0.3, 0.4) is 0 Å². The van der Waals surface area contributed by atoms with E-state index in [1.807, 2.05) is 41.5 Å². The molecule has 0 unspecified atom stereocenters. The number of allylic oxidation sites excluding steroid dienone is 6. The number of hydrogen-bond acceptors (Lipinski definition) is 4. The smallest absolute Gasteiger partial charge is 0.0662 e. The fourth-order valence-electron chi connectivity index (χ4n) is 0. The Balaban J connectivity index is -0.0000000124. The molecule has 0 rings (SSSR count). The maximum atomic E-state index is 7.62. The first-order valence-corrected chi connectivity index (χ1v) is 12.2. The van der Waals surface area contributed by atoms with Crippen molar-refractivity contribution in [2.24, 2.45) is 0 Å². The summed E-state index contributed by atoms with van der Waals surface area (Å²) < 4.78 is 0. The number of hydrogen-bond donors (Lipinski definition) is 4. The maximum absolute atomic E-state index is 7.62. The van der Waals surface area contributed by atoms with Crippen LogP contribution in [0.1, 0.15) is 41.5 Å². The Morgan fingerprint density at radius 3 is 0.286 bits per heavy atom. The van der Waals surface area contributed by atoms with E-state index in [1.54, 1.807) is 36.5 Å². The number of rotatable bonds is 2. The Hall–Kier alpha value is -3.80. The first-order chi connectivity index (χ1) is 20.3. The molecule has 4 N–H and O–H groups in total.